The number of amides is 3. The molecular weight excluding hydrogens is 420 g/mol. The van der Waals surface area contributed by atoms with E-state index in [1.54, 1.807) is 42.7 Å². The van der Waals surface area contributed by atoms with Gasteiger partial charge < -0.3 is 5.32 Å². The summed E-state index contributed by atoms with van der Waals surface area (Å²) in [5, 5.41) is 2.13. The fourth-order valence-corrected chi connectivity index (χ4v) is 4.04. The first-order chi connectivity index (χ1) is 14.0. The van der Waals surface area contributed by atoms with Crippen molar-refractivity contribution in [3.05, 3.63) is 64.8 Å². The molecule has 0 radical (unpaired) electrons. The highest BCUT2D eigenvalue weighted by atomic mass is 32.2. The third kappa shape index (κ3) is 5.42. The highest BCUT2D eigenvalue weighted by molar-refractivity contribution is 8.18. The van der Waals surface area contributed by atoms with Crippen molar-refractivity contribution < 1.29 is 23.2 Å². The maximum Gasteiger partial charge on any atom is 0.293 e. The first-order valence-electron chi connectivity index (χ1n) is 8.43. The lowest BCUT2D eigenvalue weighted by atomic mass is 10.2. The standard InChI is InChI=1S/C19H15F2N3O3S2/c20-18(21)28-14-6-2-1-5-13(14)16(25)23-8-9-24-17(26)15(29-19(24)27)10-12-4-3-7-22-11-12/h1-7,10-11,18H,8-9H2,(H,23,25)/b15-10-. The number of halogens is 2. The summed E-state index contributed by atoms with van der Waals surface area (Å²) in [4.78, 5) is 42.3. The van der Waals surface area contributed by atoms with E-state index in [2.05, 4.69) is 10.3 Å². The lowest BCUT2D eigenvalue weighted by molar-refractivity contribution is -0.122. The minimum Gasteiger partial charge on any atom is -0.350 e. The predicted molar refractivity (Wildman–Crippen MR) is 108 cm³/mol. The molecule has 6 nitrogen and oxygen atoms in total. The van der Waals surface area contributed by atoms with E-state index in [9.17, 15) is 23.2 Å². The lowest BCUT2D eigenvalue weighted by Crippen LogP contribution is -2.37. The molecule has 0 spiro atoms. The van der Waals surface area contributed by atoms with Crippen LogP contribution >= 0.6 is 23.5 Å². The van der Waals surface area contributed by atoms with Crippen molar-refractivity contribution in [3.8, 4) is 0 Å². The molecule has 1 aliphatic rings. The predicted octanol–water partition coefficient (Wildman–Crippen LogP) is 3.86. The number of hydrogen-bond acceptors (Lipinski definition) is 6. The zero-order valence-corrected chi connectivity index (χ0v) is 16.5. The molecular formula is C19H15F2N3O3S2. The number of pyridine rings is 1. The summed E-state index contributed by atoms with van der Waals surface area (Å²) in [6.45, 7) is -0.0182. The fourth-order valence-electron chi connectivity index (χ4n) is 2.53. The van der Waals surface area contributed by atoms with E-state index in [4.69, 9.17) is 0 Å². The summed E-state index contributed by atoms with van der Waals surface area (Å²) in [6.07, 6.45) is 4.75. The van der Waals surface area contributed by atoms with Gasteiger partial charge in [0.1, 0.15) is 0 Å². The molecule has 0 atom stereocenters. The molecule has 29 heavy (non-hydrogen) atoms. The number of carbonyl (C=O) groups is 3. The van der Waals surface area contributed by atoms with Gasteiger partial charge in [0.2, 0.25) is 0 Å². The SMILES string of the molecule is O=C(NCCN1C(=O)S/C(=C\c2cccnc2)C1=O)c1ccccc1SC(F)F. The highest BCUT2D eigenvalue weighted by Gasteiger charge is 2.34. The van der Waals surface area contributed by atoms with Crippen molar-refractivity contribution >= 4 is 46.7 Å². The van der Waals surface area contributed by atoms with Crippen LogP contribution in [0.5, 0.6) is 0 Å². The maximum atomic E-state index is 12.6. The van der Waals surface area contributed by atoms with Gasteiger partial charge in [-0.05, 0) is 41.6 Å². The fraction of sp³-hybridized carbons (Fsp3) is 0.158. The van der Waals surface area contributed by atoms with Gasteiger partial charge in [-0.3, -0.25) is 24.3 Å². The van der Waals surface area contributed by atoms with Crippen molar-refractivity contribution in [2.75, 3.05) is 13.1 Å². The summed E-state index contributed by atoms with van der Waals surface area (Å²) in [5.74, 6) is -3.65. The van der Waals surface area contributed by atoms with Gasteiger partial charge in [0.15, 0.2) is 0 Å². The lowest BCUT2D eigenvalue weighted by Gasteiger charge is -2.14. The van der Waals surface area contributed by atoms with Crippen molar-refractivity contribution in [1.82, 2.24) is 15.2 Å². The highest BCUT2D eigenvalue weighted by Crippen LogP contribution is 2.32. The Balaban J connectivity index is 1.59. The van der Waals surface area contributed by atoms with Crippen LogP contribution in [0.15, 0.2) is 58.6 Å². The second kappa shape index (κ2) is 9.66. The molecule has 0 saturated carbocycles. The summed E-state index contributed by atoms with van der Waals surface area (Å²) in [6, 6.07) is 9.49. The summed E-state index contributed by atoms with van der Waals surface area (Å²) in [5.41, 5.74) is 0.808. The zero-order valence-electron chi connectivity index (χ0n) is 14.9. The van der Waals surface area contributed by atoms with E-state index in [1.807, 2.05) is 0 Å². The molecule has 10 heteroatoms. The number of imide groups is 1. The molecule has 1 N–H and O–H groups in total. The van der Waals surface area contributed by atoms with Crippen LogP contribution < -0.4 is 5.32 Å². The molecule has 1 aromatic heterocycles. The van der Waals surface area contributed by atoms with Crippen LogP contribution in [0.1, 0.15) is 15.9 Å². The van der Waals surface area contributed by atoms with Gasteiger partial charge in [0.05, 0.1) is 10.5 Å². The smallest absolute Gasteiger partial charge is 0.293 e. The van der Waals surface area contributed by atoms with Crippen molar-refractivity contribution in [2.24, 2.45) is 0 Å². The van der Waals surface area contributed by atoms with Gasteiger partial charge in [-0.1, -0.05) is 30.0 Å². The molecule has 1 aliphatic heterocycles. The van der Waals surface area contributed by atoms with Gasteiger partial charge in [-0.2, -0.15) is 8.78 Å². The largest absolute Gasteiger partial charge is 0.350 e. The normalized spacial score (nSPS) is 15.4. The second-order valence-electron chi connectivity index (χ2n) is 5.75. The van der Waals surface area contributed by atoms with Crippen LogP contribution in [0.3, 0.4) is 0 Å². The van der Waals surface area contributed by atoms with E-state index < -0.39 is 22.8 Å². The van der Waals surface area contributed by atoms with Crippen LogP contribution in [0, 0.1) is 0 Å². The van der Waals surface area contributed by atoms with E-state index in [0.29, 0.717) is 5.56 Å². The second-order valence-corrected chi connectivity index (χ2v) is 7.78. The first-order valence-corrected chi connectivity index (χ1v) is 10.1. The molecule has 1 saturated heterocycles. The summed E-state index contributed by atoms with van der Waals surface area (Å²) >= 11 is 1.10. The molecule has 150 valence electrons. The number of rotatable bonds is 7. The van der Waals surface area contributed by atoms with Crippen LogP contribution in [0.25, 0.3) is 6.08 Å². The molecule has 0 unspecified atom stereocenters. The molecule has 3 amide bonds. The van der Waals surface area contributed by atoms with Crippen LogP contribution in [0.2, 0.25) is 0 Å². The van der Waals surface area contributed by atoms with Crippen molar-refractivity contribution in [1.29, 1.82) is 0 Å². The van der Waals surface area contributed by atoms with Gasteiger partial charge in [-0.25, -0.2) is 0 Å². The molecule has 3 rings (SSSR count). The number of hydrogen-bond donors (Lipinski definition) is 1. The third-order valence-electron chi connectivity index (χ3n) is 3.82. The van der Waals surface area contributed by atoms with E-state index in [-0.39, 0.29) is 40.2 Å². The molecule has 1 fully saturated rings. The molecule has 0 aliphatic carbocycles. The number of nitrogens with zero attached hydrogens (tertiary/aromatic N) is 2. The number of benzene rings is 1. The number of aromatic nitrogens is 1. The Labute approximate surface area is 173 Å². The van der Waals surface area contributed by atoms with Crippen molar-refractivity contribution in [3.63, 3.8) is 0 Å². The Hall–Kier alpha value is -2.72. The van der Waals surface area contributed by atoms with Gasteiger partial charge in [0.25, 0.3) is 22.8 Å². The molecule has 1 aromatic carbocycles. The number of nitrogens with one attached hydrogen (secondary N) is 1. The van der Waals surface area contributed by atoms with E-state index in [0.717, 1.165) is 16.7 Å². The van der Waals surface area contributed by atoms with Crippen LogP contribution in [0.4, 0.5) is 13.6 Å². The van der Waals surface area contributed by atoms with Crippen LogP contribution in [-0.2, 0) is 4.79 Å². The van der Waals surface area contributed by atoms with E-state index >= 15 is 0 Å². The Morgan fingerprint density at radius 3 is 2.76 bits per heavy atom. The number of carbonyl (C=O) groups excluding carboxylic acids is 3. The molecule has 0 bridgehead atoms. The van der Waals surface area contributed by atoms with Crippen molar-refractivity contribution in [2.45, 2.75) is 10.7 Å². The van der Waals surface area contributed by atoms with Gasteiger partial charge in [0, 0.05) is 30.4 Å². The quantitative estimate of drug-likeness (QED) is 0.526. The molecule has 2 heterocycles. The topological polar surface area (TPSA) is 79.4 Å². The summed E-state index contributed by atoms with van der Waals surface area (Å²) in [7, 11) is 0. The minimum absolute atomic E-state index is 0.00469. The first kappa shape index (κ1) is 21.0. The van der Waals surface area contributed by atoms with Gasteiger partial charge >= 0.3 is 0 Å². The zero-order chi connectivity index (χ0) is 20.8. The van der Waals surface area contributed by atoms with E-state index in [1.165, 1.54) is 12.1 Å². The number of alkyl halides is 2. The maximum absolute atomic E-state index is 12.6. The van der Waals surface area contributed by atoms with Crippen LogP contribution in [-0.4, -0.2) is 45.8 Å². The Kier molecular flexibility index (Phi) is 6.99. The third-order valence-corrected chi connectivity index (χ3v) is 5.52. The Morgan fingerprint density at radius 1 is 1.24 bits per heavy atom. The molecule has 2 aromatic rings. The average molecular weight is 435 g/mol. The summed E-state index contributed by atoms with van der Waals surface area (Å²) < 4.78 is 25.3. The minimum atomic E-state index is -2.65. The monoisotopic (exact) mass is 435 g/mol. The average Bonchev–Trinajstić information content (AvgIpc) is 2.96. The Morgan fingerprint density at radius 2 is 2.03 bits per heavy atom. The van der Waals surface area contributed by atoms with Gasteiger partial charge in [-0.15, -0.1) is 0 Å². The number of thioether (sulfide) groups is 2. The Bertz CT molecular complexity index is 955.